The van der Waals surface area contributed by atoms with Crippen molar-refractivity contribution in [3.05, 3.63) is 53.5 Å². The number of nitrogens with zero attached hydrogens (tertiary/aromatic N) is 2. The number of rotatable bonds is 8. The fourth-order valence-electron chi connectivity index (χ4n) is 3.37. The Balaban J connectivity index is 1.66. The maximum Gasteiger partial charge on any atom is 0.270 e. The number of anilines is 2. The molecule has 154 valence electrons. The second-order valence-electron chi connectivity index (χ2n) is 7.59. The topological polar surface area (TPSA) is 76.1 Å². The number of amides is 1. The van der Waals surface area contributed by atoms with Gasteiger partial charge < -0.3 is 15.4 Å². The van der Waals surface area contributed by atoms with Crippen molar-refractivity contribution in [1.82, 2.24) is 15.3 Å². The summed E-state index contributed by atoms with van der Waals surface area (Å²) in [5.41, 5.74) is 2.61. The largest absolute Gasteiger partial charge is 0.489 e. The van der Waals surface area contributed by atoms with Crippen molar-refractivity contribution in [3.63, 3.8) is 0 Å². The van der Waals surface area contributed by atoms with Crippen LogP contribution in [0.5, 0.6) is 5.75 Å². The van der Waals surface area contributed by atoms with Crippen LogP contribution in [0.1, 0.15) is 62.3 Å². The Labute approximate surface area is 172 Å². The third kappa shape index (κ3) is 6.31. The normalized spacial score (nSPS) is 13.7. The molecule has 2 aromatic rings. The summed E-state index contributed by atoms with van der Waals surface area (Å²) in [5, 5.41) is 6.24. The number of allylic oxidation sites excluding steroid dienone is 1. The van der Waals surface area contributed by atoms with E-state index in [1.165, 1.54) is 18.4 Å². The molecule has 6 heteroatoms. The zero-order valence-electron chi connectivity index (χ0n) is 17.5. The minimum atomic E-state index is -0.179. The first kappa shape index (κ1) is 20.8. The lowest BCUT2D eigenvalue weighted by atomic mass is 9.97. The van der Waals surface area contributed by atoms with Gasteiger partial charge in [-0.1, -0.05) is 23.8 Å². The Bertz CT molecular complexity index is 877. The monoisotopic (exact) mass is 394 g/mol. The summed E-state index contributed by atoms with van der Waals surface area (Å²) in [7, 11) is 0. The lowest BCUT2D eigenvalue weighted by molar-refractivity contribution is 0.0948. The lowest BCUT2D eigenvalue weighted by Crippen LogP contribution is -2.26. The van der Waals surface area contributed by atoms with Gasteiger partial charge in [-0.2, -0.15) is 0 Å². The maximum absolute atomic E-state index is 12.6. The zero-order valence-corrected chi connectivity index (χ0v) is 17.5. The van der Waals surface area contributed by atoms with Crippen molar-refractivity contribution in [1.29, 1.82) is 0 Å². The molecule has 1 heterocycles. The molecule has 2 N–H and O–H groups in total. The Morgan fingerprint density at radius 2 is 2.03 bits per heavy atom. The van der Waals surface area contributed by atoms with Crippen LogP contribution in [0.4, 0.5) is 11.5 Å². The highest BCUT2D eigenvalue weighted by Crippen LogP contribution is 2.27. The molecule has 0 spiro atoms. The molecule has 0 saturated carbocycles. The van der Waals surface area contributed by atoms with Crippen molar-refractivity contribution in [2.75, 3.05) is 11.9 Å². The average molecular weight is 395 g/mol. The standard InChI is InChI=1S/C23H30N4O2/c1-16(2)29-21-12-8-7-11-19(21)27-22-15-20(25-17(3)26-22)23(28)24-14-13-18-9-5-4-6-10-18/h7-9,11-12,15-16H,4-6,10,13-14H2,1-3H3,(H,24,28)(H,25,26,27). The minimum absolute atomic E-state index is 0.0608. The smallest absolute Gasteiger partial charge is 0.270 e. The Morgan fingerprint density at radius 1 is 1.21 bits per heavy atom. The van der Waals surface area contributed by atoms with Gasteiger partial charge in [0, 0.05) is 12.6 Å². The average Bonchev–Trinajstić information content (AvgIpc) is 2.69. The highest BCUT2D eigenvalue weighted by molar-refractivity contribution is 5.93. The van der Waals surface area contributed by atoms with Crippen LogP contribution in [0.3, 0.4) is 0 Å². The number of nitrogens with one attached hydrogen (secondary N) is 2. The SMILES string of the molecule is Cc1nc(Nc2ccccc2OC(C)C)cc(C(=O)NCCC2=CCCCC2)n1. The molecule has 1 aromatic heterocycles. The number of aromatic nitrogens is 2. The molecule has 1 aliphatic rings. The molecule has 0 atom stereocenters. The van der Waals surface area contributed by atoms with Gasteiger partial charge in [0.05, 0.1) is 11.8 Å². The van der Waals surface area contributed by atoms with Gasteiger partial charge >= 0.3 is 0 Å². The van der Waals surface area contributed by atoms with Crippen LogP contribution in [0.15, 0.2) is 42.0 Å². The van der Waals surface area contributed by atoms with Crippen LogP contribution in [0, 0.1) is 6.92 Å². The van der Waals surface area contributed by atoms with Gasteiger partial charge in [-0.25, -0.2) is 9.97 Å². The van der Waals surface area contributed by atoms with Gasteiger partial charge in [0.1, 0.15) is 23.1 Å². The van der Waals surface area contributed by atoms with Crippen LogP contribution in [-0.4, -0.2) is 28.5 Å². The van der Waals surface area contributed by atoms with E-state index in [1.54, 1.807) is 13.0 Å². The molecule has 6 nitrogen and oxygen atoms in total. The van der Waals surface area contributed by atoms with Crippen molar-refractivity contribution in [3.8, 4) is 5.75 Å². The number of aryl methyl sites for hydroxylation is 1. The van der Waals surface area contributed by atoms with E-state index in [-0.39, 0.29) is 12.0 Å². The number of carbonyl (C=O) groups is 1. The third-order valence-electron chi connectivity index (χ3n) is 4.70. The molecule has 0 unspecified atom stereocenters. The minimum Gasteiger partial charge on any atom is -0.489 e. The molecule has 29 heavy (non-hydrogen) atoms. The molecule has 0 aliphatic heterocycles. The van der Waals surface area contributed by atoms with E-state index in [4.69, 9.17) is 4.74 Å². The Hall–Kier alpha value is -2.89. The molecule has 0 saturated heterocycles. The summed E-state index contributed by atoms with van der Waals surface area (Å²) in [6.07, 6.45) is 8.11. The summed E-state index contributed by atoms with van der Waals surface area (Å²) in [6, 6.07) is 9.36. The van der Waals surface area contributed by atoms with Crippen LogP contribution in [0.2, 0.25) is 0 Å². The molecule has 1 amide bonds. The van der Waals surface area contributed by atoms with E-state index >= 15 is 0 Å². The van der Waals surface area contributed by atoms with E-state index in [1.807, 2.05) is 38.1 Å². The van der Waals surface area contributed by atoms with Crippen molar-refractivity contribution >= 4 is 17.4 Å². The molecule has 0 radical (unpaired) electrons. The number of carbonyl (C=O) groups excluding carboxylic acids is 1. The van der Waals surface area contributed by atoms with Crippen LogP contribution in [-0.2, 0) is 0 Å². The Morgan fingerprint density at radius 3 is 2.79 bits per heavy atom. The Kier molecular flexibility index (Phi) is 7.22. The van der Waals surface area contributed by atoms with Crippen molar-refractivity contribution in [2.24, 2.45) is 0 Å². The number of hydrogen-bond donors (Lipinski definition) is 2. The first-order valence-corrected chi connectivity index (χ1v) is 10.4. The fraction of sp³-hybridized carbons (Fsp3) is 0.435. The summed E-state index contributed by atoms with van der Waals surface area (Å²) in [4.78, 5) is 21.3. The van der Waals surface area contributed by atoms with Gasteiger partial charge in [-0.3, -0.25) is 4.79 Å². The van der Waals surface area contributed by atoms with Gasteiger partial charge in [-0.05, 0) is 65.0 Å². The summed E-state index contributed by atoms with van der Waals surface area (Å²) in [6.45, 7) is 6.38. The first-order chi connectivity index (χ1) is 14.0. The van der Waals surface area contributed by atoms with Crippen LogP contribution < -0.4 is 15.4 Å². The van der Waals surface area contributed by atoms with E-state index < -0.39 is 0 Å². The highest BCUT2D eigenvalue weighted by Gasteiger charge is 2.13. The number of para-hydroxylation sites is 2. The van der Waals surface area contributed by atoms with E-state index in [9.17, 15) is 4.79 Å². The second-order valence-corrected chi connectivity index (χ2v) is 7.59. The van der Waals surface area contributed by atoms with Gasteiger partial charge in [0.25, 0.3) is 5.91 Å². The number of hydrogen-bond acceptors (Lipinski definition) is 5. The quantitative estimate of drug-likeness (QED) is 0.621. The van der Waals surface area contributed by atoms with Crippen molar-refractivity contribution < 1.29 is 9.53 Å². The second kappa shape index (κ2) is 10.0. The molecule has 1 aliphatic carbocycles. The molecular formula is C23H30N4O2. The first-order valence-electron chi connectivity index (χ1n) is 10.4. The highest BCUT2D eigenvalue weighted by atomic mass is 16.5. The molecule has 1 aromatic carbocycles. The van der Waals surface area contributed by atoms with Crippen LogP contribution in [0.25, 0.3) is 0 Å². The van der Waals surface area contributed by atoms with E-state index in [0.717, 1.165) is 30.7 Å². The van der Waals surface area contributed by atoms with Gasteiger partial charge in [0.2, 0.25) is 0 Å². The molecular weight excluding hydrogens is 364 g/mol. The maximum atomic E-state index is 12.6. The molecule has 0 bridgehead atoms. The predicted octanol–water partition coefficient (Wildman–Crippen LogP) is 4.94. The third-order valence-corrected chi connectivity index (χ3v) is 4.70. The number of ether oxygens (including phenoxy) is 1. The van der Waals surface area contributed by atoms with Gasteiger partial charge in [-0.15, -0.1) is 0 Å². The van der Waals surface area contributed by atoms with Crippen molar-refractivity contribution in [2.45, 2.75) is 59.0 Å². The summed E-state index contributed by atoms with van der Waals surface area (Å²) < 4.78 is 5.85. The lowest BCUT2D eigenvalue weighted by Gasteiger charge is -2.16. The van der Waals surface area contributed by atoms with Crippen LogP contribution >= 0.6 is 0 Å². The summed E-state index contributed by atoms with van der Waals surface area (Å²) >= 11 is 0. The van der Waals surface area contributed by atoms with E-state index in [2.05, 4.69) is 26.7 Å². The van der Waals surface area contributed by atoms with Gasteiger partial charge in [0.15, 0.2) is 0 Å². The predicted molar refractivity (Wildman–Crippen MR) is 116 cm³/mol. The summed E-state index contributed by atoms with van der Waals surface area (Å²) in [5.74, 6) is 1.67. The molecule has 0 fully saturated rings. The number of benzene rings is 1. The zero-order chi connectivity index (χ0) is 20.6. The fourth-order valence-corrected chi connectivity index (χ4v) is 3.37. The van der Waals surface area contributed by atoms with E-state index in [0.29, 0.717) is 23.9 Å². The molecule has 3 rings (SSSR count).